The Labute approximate surface area is 114 Å². The number of ether oxygens (including phenoxy) is 1. The Balaban J connectivity index is 2.27. The Kier molecular flexibility index (Phi) is 4.07. The highest BCUT2D eigenvalue weighted by Crippen LogP contribution is 2.37. The molecule has 1 aliphatic heterocycles. The molecule has 1 saturated heterocycles. The van der Waals surface area contributed by atoms with Crippen LogP contribution in [0.5, 0.6) is 0 Å². The SMILES string of the molecule is CC1(C(N)c2ccc(C(F)(F)F)c(F)c2)CCCCO1. The number of hydrogen-bond donors (Lipinski definition) is 1. The van der Waals surface area contributed by atoms with Gasteiger partial charge in [0.05, 0.1) is 17.2 Å². The van der Waals surface area contributed by atoms with Gasteiger partial charge in [-0.1, -0.05) is 6.07 Å². The predicted molar refractivity (Wildman–Crippen MR) is 66.5 cm³/mol. The van der Waals surface area contributed by atoms with Gasteiger partial charge in [0.25, 0.3) is 0 Å². The fraction of sp³-hybridized carbons (Fsp3) is 0.571. The van der Waals surface area contributed by atoms with E-state index in [9.17, 15) is 17.6 Å². The van der Waals surface area contributed by atoms with E-state index in [0.29, 0.717) is 18.6 Å². The lowest BCUT2D eigenvalue weighted by Crippen LogP contribution is -2.43. The molecular weight excluding hydrogens is 274 g/mol. The average Bonchev–Trinajstić information content (AvgIpc) is 2.37. The molecular formula is C14H17F4NO. The van der Waals surface area contributed by atoms with E-state index >= 15 is 0 Å². The highest BCUT2D eigenvalue weighted by atomic mass is 19.4. The standard InChI is InChI=1S/C14H17F4NO/c1-13(6-2-3-7-20-13)12(19)9-4-5-10(11(15)8-9)14(16,17)18/h4-5,8,12H,2-3,6-7,19H2,1H3. The lowest BCUT2D eigenvalue weighted by Gasteiger charge is -2.39. The summed E-state index contributed by atoms with van der Waals surface area (Å²) in [6.45, 7) is 2.37. The first-order valence-electron chi connectivity index (χ1n) is 6.50. The number of halogens is 4. The minimum Gasteiger partial charge on any atom is -0.373 e. The van der Waals surface area contributed by atoms with E-state index in [2.05, 4.69) is 0 Å². The van der Waals surface area contributed by atoms with Crippen LogP contribution in [0.1, 0.15) is 43.4 Å². The van der Waals surface area contributed by atoms with Crippen molar-refractivity contribution >= 4 is 0 Å². The molecule has 0 aromatic heterocycles. The molecule has 0 radical (unpaired) electrons. The Hall–Kier alpha value is -1.14. The number of nitrogens with two attached hydrogens (primary N) is 1. The predicted octanol–water partition coefficient (Wildman–Crippen LogP) is 3.80. The molecule has 0 bridgehead atoms. The molecule has 0 aliphatic carbocycles. The molecule has 1 heterocycles. The van der Waals surface area contributed by atoms with Crippen LogP contribution in [0.15, 0.2) is 18.2 Å². The van der Waals surface area contributed by atoms with Crippen molar-refractivity contribution in [2.45, 2.75) is 44.0 Å². The Morgan fingerprint density at radius 1 is 1.30 bits per heavy atom. The molecule has 112 valence electrons. The third-order valence-electron chi connectivity index (χ3n) is 3.81. The van der Waals surface area contributed by atoms with E-state index in [4.69, 9.17) is 10.5 Å². The summed E-state index contributed by atoms with van der Waals surface area (Å²) < 4.78 is 56.8. The fourth-order valence-corrected chi connectivity index (χ4v) is 2.51. The van der Waals surface area contributed by atoms with Crippen molar-refractivity contribution in [2.75, 3.05) is 6.61 Å². The van der Waals surface area contributed by atoms with Gasteiger partial charge in [-0.3, -0.25) is 0 Å². The zero-order valence-corrected chi connectivity index (χ0v) is 11.1. The van der Waals surface area contributed by atoms with Gasteiger partial charge in [-0.2, -0.15) is 13.2 Å². The summed E-state index contributed by atoms with van der Waals surface area (Å²) in [7, 11) is 0. The van der Waals surface area contributed by atoms with Crippen LogP contribution in [0.4, 0.5) is 17.6 Å². The quantitative estimate of drug-likeness (QED) is 0.841. The second kappa shape index (κ2) is 5.33. The first kappa shape index (κ1) is 15.3. The van der Waals surface area contributed by atoms with Crippen LogP contribution in [0, 0.1) is 5.82 Å². The van der Waals surface area contributed by atoms with Gasteiger partial charge in [0.1, 0.15) is 5.82 Å². The smallest absolute Gasteiger partial charge is 0.373 e. The number of hydrogen-bond acceptors (Lipinski definition) is 2. The Bertz CT molecular complexity index is 481. The van der Waals surface area contributed by atoms with Gasteiger partial charge < -0.3 is 10.5 Å². The third-order valence-corrected chi connectivity index (χ3v) is 3.81. The average molecular weight is 291 g/mol. The van der Waals surface area contributed by atoms with E-state index in [1.54, 1.807) is 0 Å². The molecule has 6 heteroatoms. The minimum atomic E-state index is -4.70. The molecule has 20 heavy (non-hydrogen) atoms. The van der Waals surface area contributed by atoms with Crippen LogP contribution >= 0.6 is 0 Å². The maximum Gasteiger partial charge on any atom is 0.419 e. The van der Waals surface area contributed by atoms with Crippen molar-refractivity contribution < 1.29 is 22.3 Å². The molecule has 2 nitrogen and oxygen atoms in total. The van der Waals surface area contributed by atoms with E-state index in [-0.39, 0.29) is 0 Å². The maximum absolute atomic E-state index is 13.6. The lowest BCUT2D eigenvalue weighted by atomic mass is 9.84. The molecule has 2 rings (SSSR count). The summed E-state index contributed by atoms with van der Waals surface area (Å²) >= 11 is 0. The zero-order valence-electron chi connectivity index (χ0n) is 11.1. The normalized spacial score (nSPS) is 25.5. The molecule has 1 aromatic rings. The van der Waals surface area contributed by atoms with Crippen molar-refractivity contribution in [3.63, 3.8) is 0 Å². The van der Waals surface area contributed by atoms with Gasteiger partial charge in [-0.15, -0.1) is 0 Å². The second-order valence-electron chi connectivity index (χ2n) is 5.33. The molecule has 0 amide bonds. The molecule has 2 unspecified atom stereocenters. The highest BCUT2D eigenvalue weighted by Gasteiger charge is 2.38. The van der Waals surface area contributed by atoms with Gasteiger partial charge in [0.15, 0.2) is 0 Å². The van der Waals surface area contributed by atoms with E-state index in [1.807, 2.05) is 6.92 Å². The minimum absolute atomic E-state index is 0.319. The van der Waals surface area contributed by atoms with Crippen LogP contribution in [-0.2, 0) is 10.9 Å². The lowest BCUT2D eigenvalue weighted by molar-refractivity contribution is -0.140. The van der Waals surface area contributed by atoms with Gasteiger partial charge in [-0.25, -0.2) is 4.39 Å². The summed E-state index contributed by atoms with van der Waals surface area (Å²) in [6, 6.07) is 2.16. The summed E-state index contributed by atoms with van der Waals surface area (Å²) in [4.78, 5) is 0. The van der Waals surface area contributed by atoms with Gasteiger partial charge in [-0.05, 0) is 43.9 Å². The fourth-order valence-electron chi connectivity index (χ4n) is 2.51. The highest BCUT2D eigenvalue weighted by molar-refractivity contribution is 5.30. The molecule has 2 atom stereocenters. The molecule has 1 fully saturated rings. The van der Waals surface area contributed by atoms with Crippen molar-refractivity contribution in [1.82, 2.24) is 0 Å². The number of rotatable bonds is 2. The van der Waals surface area contributed by atoms with Crippen molar-refractivity contribution in [2.24, 2.45) is 5.73 Å². The molecule has 2 N–H and O–H groups in total. The number of benzene rings is 1. The van der Waals surface area contributed by atoms with Crippen molar-refractivity contribution in [3.8, 4) is 0 Å². The second-order valence-corrected chi connectivity index (χ2v) is 5.33. The van der Waals surface area contributed by atoms with E-state index in [0.717, 1.165) is 25.0 Å². The largest absolute Gasteiger partial charge is 0.419 e. The van der Waals surface area contributed by atoms with Crippen LogP contribution in [-0.4, -0.2) is 12.2 Å². The molecule has 1 aromatic carbocycles. The molecule has 0 spiro atoms. The Morgan fingerprint density at radius 2 is 2.00 bits per heavy atom. The van der Waals surface area contributed by atoms with Crippen LogP contribution < -0.4 is 5.73 Å². The zero-order chi connectivity index (χ0) is 15.0. The third kappa shape index (κ3) is 2.96. The topological polar surface area (TPSA) is 35.2 Å². The first-order valence-corrected chi connectivity index (χ1v) is 6.50. The van der Waals surface area contributed by atoms with Crippen LogP contribution in [0.25, 0.3) is 0 Å². The summed E-state index contributed by atoms with van der Waals surface area (Å²) in [5.41, 5.74) is 4.44. The van der Waals surface area contributed by atoms with Crippen LogP contribution in [0.2, 0.25) is 0 Å². The molecule has 1 aliphatic rings. The maximum atomic E-state index is 13.6. The number of alkyl halides is 3. The van der Waals surface area contributed by atoms with E-state index < -0.39 is 29.2 Å². The van der Waals surface area contributed by atoms with Crippen molar-refractivity contribution in [3.05, 3.63) is 35.1 Å². The monoisotopic (exact) mass is 291 g/mol. The van der Waals surface area contributed by atoms with E-state index in [1.165, 1.54) is 6.07 Å². The van der Waals surface area contributed by atoms with Gasteiger partial charge >= 0.3 is 6.18 Å². The summed E-state index contributed by atoms with van der Waals surface area (Å²) in [5, 5.41) is 0. The van der Waals surface area contributed by atoms with Crippen molar-refractivity contribution in [1.29, 1.82) is 0 Å². The van der Waals surface area contributed by atoms with Crippen LogP contribution in [0.3, 0.4) is 0 Å². The van der Waals surface area contributed by atoms with Gasteiger partial charge in [0, 0.05) is 6.61 Å². The first-order chi connectivity index (χ1) is 9.24. The van der Waals surface area contributed by atoms with Gasteiger partial charge in [0.2, 0.25) is 0 Å². The Morgan fingerprint density at radius 3 is 2.50 bits per heavy atom. The molecule has 0 saturated carbocycles. The summed E-state index contributed by atoms with van der Waals surface area (Å²) in [5.74, 6) is -1.30. The summed E-state index contributed by atoms with van der Waals surface area (Å²) in [6.07, 6.45) is -2.12.